The van der Waals surface area contributed by atoms with Crippen LogP contribution in [0.4, 0.5) is 0 Å². The summed E-state index contributed by atoms with van der Waals surface area (Å²) in [7, 11) is 0. The molecule has 0 unspecified atom stereocenters. The van der Waals surface area contributed by atoms with Crippen LogP contribution in [-0.4, -0.2) is 73.4 Å². The number of aryl methyl sites for hydroxylation is 4. The summed E-state index contributed by atoms with van der Waals surface area (Å²) in [5.74, 6) is 0.149. The summed E-state index contributed by atoms with van der Waals surface area (Å²) in [5.41, 5.74) is 9.18. The fourth-order valence-electron chi connectivity index (χ4n) is 11.5. The second kappa shape index (κ2) is 34.0. The Labute approximate surface area is 556 Å². The molecule has 4 saturated carbocycles. The predicted octanol–water partition coefficient (Wildman–Crippen LogP) is 9.82. The van der Waals surface area contributed by atoms with Crippen LogP contribution in [0.5, 0.6) is 23.0 Å². The first kappa shape index (κ1) is 76.6. The summed E-state index contributed by atoms with van der Waals surface area (Å²) in [6.45, 7) is 32.4. The van der Waals surface area contributed by atoms with Gasteiger partial charge in [0, 0.05) is 49.0 Å². The van der Waals surface area contributed by atoms with Crippen LogP contribution in [0.3, 0.4) is 0 Å². The van der Waals surface area contributed by atoms with Gasteiger partial charge < -0.3 is 40.9 Å². The molecule has 0 spiro atoms. The molecule has 12 nitrogen and oxygen atoms in total. The molecule has 0 aromatic heterocycles. The van der Waals surface area contributed by atoms with E-state index in [1.165, 1.54) is 0 Å². The van der Waals surface area contributed by atoms with E-state index in [0.29, 0.717) is 47.9 Å². The molecule has 4 aromatic carbocycles. The molecule has 4 aliphatic carbocycles. The Bertz CT molecular complexity index is 2520. The molecule has 0 saturated heterocycles. The molecule has 86 heavy (non-hydrogen) atoms. The summed E-state index contributed by atoms with van der Waals surface area (Å²) in [6, 6.07) is 14.6. The van der Waals surface area contributed by atoms with Crippen molar-refractivity contribution in [2.45, 2.75) is 284 Å². The van der Waals surface area contributed by atoms with Crippen molar-refractivity contribution >= 4 is 24.9 Å². The molecule has 4 aliphatic rings. The van der Waals surface area contributed by atoms with Gasteiger partial charge in [0.1, 0.15) is 0 Å². The molecule has 464 valence electrons. The zero-order valence-corrected chi connectivity index (χ0v) is 59.8. The molecule has 8 atom stereocenters. The Morgan fingerprint density at radius 3 is 0.616 bits per heavy atom. The van der Waals surface area contributed by atoms with Crippen molar-refractivity contribution < 1.29 is 93.3 Å². The maximum atomic E-state index is 12.6. The van der Waals surface area contributed by atoms with Crippen LogP contribution >= 0.6 is 0 Å². The molecular weight excluding hydrogens is 1230 g/mol. The topological polar surface area (TPSA) is 234 Å². The molecule has 8 rings (SSSR count). The van der Waals surface area contributed by atoms with E-state index in [0.717, 1.165) is 122 Å². The van der Waals surface area contributed by atoms with E-state index in [1.54, 1.807) is 24.9 Å². The van der Waals surface area contributed by atoms with Crippen molar-refractivity contribution in [3.63, 3.8) is 0 Å². The zero-order chi connectivity index (χ0) is 62.5. The first-order chi connectivity index (χ1) is 39.1. The third kappa shape index (κ3) is 23.0. The number of rotatable bonds is 8. The van der Waals surface area contributed by atoms with Crippen LogP contribution in [0, 0.1) is 27.7 Å². The first-order valence-corrected chi connectivity index (χ1v) is 31.2. The van der Waals surface area contributed by atoms with E-state index in [9.17, 15) is 40.9 Å². The van der Waals surface area contributed by atoms with Gasteiger partial charge in [0.25, 0.3) is 0 Å². The van der Waals surface area contributed by atoms with E-state index in [1.807, 2.05) is 159 Å². The van der Waals surface area contributed by atoms with Crippen molar-refractivity contribution in [3.8, 4) is 23.0 Å². The first-order valence-electron chi connectivity index (χ1n) is 31.2. The van der Waals surface area contributed by atoms with Crippen LogP contribution in [0.15, 0.2) is 68.5 Å². The van der Waals surface area contributed by atoms with Crippen LogP contribution in [-0.2, 0) is 74.1 Å². The molecule has 0 N–H and O–H groups in total. The van der Waals surface area contributed by atoms with E-state index in [4.69, 9.17) is 0 Å². The summed E-state index contributed by atoms with van der Waals surface area (Å²) in [4.78, 5) is 17.7. The van der Waals surface area contributed by atoms with E-state index >= 15 is 0 Å². The van der Waals surface area contributed by atoms with Gasteiger partial charge in [-0.3, -0.25) is 20.0 Å². The van der Waals surface area contributed by atoms with E-state index in [-0.39, 0.29) is 121 Å². The van der Waals surface area contributed by atoms with Crippen molar-refractivity contribution in [2.24, 2.45) is 20.0 Å². The van der Waals surface area contributed by atoms with Gasteiger partial charge in [-0.15, -0.1) is 24.4 Å². The Balaban J connectivity index is 0.000000298. The van der Waals surface area contributed by atoms with Crippen LogP contribution in [0.2, 0.25) is 0 Å². The number of hydrogen-bond acceptors (Lipinski definition) is 12. The van der Waals surface area contributed by atoms with Gasteiger partial charge in [-0.25, -0.2) is 0 Å². The molecule has 4 fully saturated rings. The van der Waals surface area contributed by atoms with Crippen molar-refractivity contribution in [3.05, 3.63) is 115 Å². The maximum Gasteiger partial charge on any atom is 4.00 e. The number of nitrogens with zero attached hydrogens (tertiary/aromatic N) is 4. The second-order valence-corrected chi connectivity index (χ2v) is 28.6. The van der Waals surface area contributed by atoms with Crippen molar-refractivity contribution in [1.29, 1.82) is 0 Å². The minimum absolute atomic E-state index is 0. The predicted molar refractivity (Wildman–Crippen MR) is 332 cm³/mol. The fraction of sp³-hybridized carbons (Fsp3) is 0.611. The van der Waals surface area contributed by atoms with Gasteiger partial charge in [0.15, 0.2) is 0 Å². The minimum atomic E-state index is -0.614. The molecule has 0 heterocycles. The van der Waals surface area contributed by atoms with E-state index < -0.39 is 24.4 Å². The summed E-state index contributed by atoms with van der Waals surface area (Å²) in [6.07, 6.45) is 18.5. The molecular formula is C72H100N4O8Zr2. The molecule has 0 bridgehead atoms. The number of hydrogen-bond donors (Lipinski definition) is 0. The Morgan fingerprint density at radius 2 is 0.465 bits per heavy atom. The van der Waals surface area contributed by atoms with Gasteiger partial charge in [-0.05, 0) is 120 Å². The van der Waals surface area contributed by atoms with Gasteiger partial charge in [-0.2, -0.15) is 0 Å². The number of benzene rings is 4. The summed E-state index contributed by atoms with van der Waals surface area (Å²) < 4.78 is 0. The average Bonchev–Trinajstić information content (AvgIpc) is 2.42. The van der Waals surface area contributed by atoms with Crippen LogP contribution in [0.1, 0.15) is 253 Å². The van der Waals surface area contributed by atoms with Gasteiger partial charge in [0.05, 0.1) is 0 Å². The van der Waals surface area contributed by atoms with Gasteiger partial charge >= 0.3 is 52.4 Å². The Hall–Kier alpha value is -3.63. The molecule has 0 radical (unpaired) electrons. The Kier molecular flexibility index (Phi) is 30.3. The SMILES string of the molecule is Cc1cc(C=N[C@@H]2CCCC[C@H]2[O-])c([O-])c(C(C)(C)C)c1.Cc1cc(C=N[C@@H]2CCCC[C@H]2[O-])c([O-])c(C(C)(C)C)c1.Cc1cc(C=N[C@H]2CCCC[C@@H]2[O-])c([O-])c(C(C)(C)C)c1.Cc1cc(C=N[C@H]2CCCC[C@@H]2[O-])c([O-])c(C(C)(C)C)c1.[Zr+4].[Zr+4]. The Morgan fingerprint density at radius 1 is 0.302 bits per heavy atom. The molecule has 4 aromatic rings. The molecule has 14 heteroatoms. The summed E-state index contributed by atoms with van der Waals surface area (Å²) in [5, 5.41) is 97.8. The van der Waals surface area contributed by atoms with Crippen LogP contribution < -0.4 is 40.9 Å². The molecule has 0 aliphatic heterocycles. The van der Waals surface area contributed by atoms with Crippen molar-refractivity contribution in [2.75, 3.05) is 0 Å². The largest absolute Gasteiger partial charge is 4.00 e. The second-order valence-electron chi connectivity index (χ2n) is 28.6. The smallest absolute Gasteiger partial charge is 0.872 e. The van der Waals surface area contributed by atoms with Crippen LogP contribution in [0.25, 0.3) is 0 Å². The normalized spacial score (nSPS) is 23.1. The van der Waals surface area contributed by atoms with Crippen molar-refractivity contribution in [1.82, 2.24) is 0 Å². The van der Waals surface area contributed by atoms with E-state index in [2.05, 4.69) is 20.0 Å². The standard InChI is InChI=1S/4C18H26NO2.2Zr/c4*1-12-9-13(17(21)14(10-12)18(2,3)4)11-19-15-7-5-6-8-16(15)20;;/h4*9-11,15-16,21H,5-8H2,1-4H3;;/q4*-1;2*+4/p-4/t4*15-,16-;;/m1100../s1. The summed E-state index contributed by atoms with van der Waals surface area (Å²) >= 11 is 0. The minimum Gasteiger partial charge on any atom is -0.872 e. The maximum absolute atomic E-state index is 12.6. The fourth-order valence-corrected chi connectivity index (χ4v) is 11.5. The third-order valence-corrected chi connectivity index (χ3v) is 16.6. The molecule has 0 amide bonds. The average molecular weight is 1330 g/mol. The number of aliphatic imine (C=N–C) groups is 4. The van der Waals surface area contributed by atoms with Gasteiger partial charge in [0.2, 0.25) is 0 Å². The monoisotopic (exact) mass is 1330 g/mol. The quantitative estimate of drug-likeness (QED) is 0.154. The zero-order valence-electron chi connectivity index (χ0n) is 54.9. The van der Waals surface area contributed by atoms with Gasteiger partial charge in [-0.1, -0.05) is 254 Å². The third-order valence-electron chi connectivity index (χ3n) is 16.6.